The molecule has 1 N–H and O–H groups in total. The maximum absolute atomic E-state index is 5.93. The van der Waals surface area contributed by atoms with E-state index in [1.165, 1.54) is 0 Å². The second kappa shape index (κ2) is 9.96. The van der Waals surface area contributed by atoms with Gasteiger partial charge in [0.25, 0.3) is 0 Å². The lowest BCUT2D eigenvalue weighted by Gasteiger charge is -2.33. The summed E-state index contributed by atoms with van der Waals surface area (Å²) in [5, 5.41) is 3.58. The Kier molecular flexibility index (Phi) is 7.36. The highest BCUT2D eigenvalue weighted by Crippen LogP contribution is 2.29. The van der Waals surface area contributed by atoms with Crippen molar-refractivity contribution >= 4 is 0 Å². The normalized spacial score (nSPS) is 16.3. The van der Waals surface area contributed by atoms with Crippen molar-refractivity contribution in [3.05, 3.63) is 47.4 Å². The molecule has 0 aliphatic carbocycles. The van der Waals surface area contributed by atoms with E-state index < -0.39 is 0 Å². The van der Waals surface area contributed by atoms with Crippen molar-refractivity contribution in [1.82, 2.24) is 10.2 Å². The SMILES string of the molecule is COc1cc(CNCC(c2ccc(C)o2)N2CCOCC2)ccc1OC(C)C. The summed E-state index contributed by atoms with van der Waals surface area (Å²) in [5.41, 5.74) is 1.16. The maximum Gasteiger partial charge on any atom is 0.161 e. The van der Waals surface area contributed by atoms with Crippen LogP contribution in [0.1, 0.15) is 37.0 Å². The van der Waals surface area contributed by atoms with E-state index in [0.29, 0.717) is 0 Å². The number of aryl methyl sites for hydroxylation is 1. The van der Waals surface area contributed by atoms with Crippen LogP contribution >= 0.6 is 0 Å². The number of hydrogen-bond acceptors (Lipinski definition) is 6. The number of nitrogens with one attached hydrogen (secondary N) is 1. The van der Waals surface area contributed by atoms with E-state index in [2.05, 4.69) is 22.3 Å². The summed E-state index contributed by atoms with van der Waals surface area (Å²) in [5.74, 6) is 3.49. The molecule has 0 spiro atoms. The highest BCUT2D eigenvalue weighted by Gasteiger charge is 2.24. The van der Waals surface area contributed by atoms with Crippen LogP contribution in [0.25, 0.3) is 0 Å². The minimum atomic E-state index is 0.115. The number of furan rings is 1. The molecule has 0 amide bonds. The first-order valence-electron chi connectivity index (χ1n) is 9.99. The van der Waals surface area contributed by atoms with E-state index in [1.807, 2.05) is 39.0 Å². The van der Waals surface area contributed by atoms with Crippen molar-refractivity contribution in [2.75, 3.05) is 40.0 Å². The Balaban J connectivity index is 1.63. The quantitative estimate of drug-likeness (QED) is 0.709. The van der Waals surface area contributed by atoms with E-state index in [-0.39, 0.29) is 12.1 Å². The van der Waals surface area contributed by atoms with E-state index in [9.17, 15) is 0 Å². The van der Waals surface area contributed by atoms with Gasteiger partial charge in [0, 0.05) is 26.2 Å². The molecule has 1 aromatic carbocycles. The van der Waals surface area contributed by atoms with Crippen molar-refractivity contribution in [2.24, 2.45) is 0 Å². The Morgan fingerprint density at radius 1 is 1.11 bits per heavy atom. The van der Waals surface area contributed by atoms with Crippen LogP contribution in [-0.4, -0.2) is 51.0 Å². The summed E-state index contributed by atoms with van der Waals surface area (Å²) in [6.07, 6.45) is 0.115. The largest absolute Gasteiger partial charge is 0.493 e. The predicted molar refractivity (Wildman–Crippen MR) is 109 cm³/mol. The minimum Gasteiger partial charge on any atom is -0.493 e. The first-order chi connectivity index (χ1) is 13.6. The topological polar surface area (TPSA) is 56.1 Å². The maximum atomic E-state index is 5.93. The summed E-state index contributed by atoms with van der Waals surface area (Å²) >= 11 is 0. The van der Waals surface area contributed by atoms with Crippen LogP contribution in [0.3, 0.4) is 0 Å². The Labute approximate surface area is 167 Å². The number of rotatable bonds is 9. The Morgan fingerprint density at radius 2 is 1.89 bits per heavy atom. The van der Waals surface area contributed by atoms with Crippen LogP contribution in [0.2, 0.25) is 0 Å². The minimum absolute atomic E-state index is 0.115. The average molecular weight is 389 g/mol. The van der Waals surface area contributed by atoms with Gasteiger partial charge < -0.3 is 23.9 Å². The zero-order valence-corrected chi connectivity index (χ0v) is 17.4. The van der Waals surface area contributed by atoms with Gasteiger partial charge in [-0.15, -0.1) is 0 Å². The molecule has 1 saturated heterocycles. The molecule has 3 rings (SSSR count). The number of benzene rings is 1. The standard InChI is InChI=1S/C22H32N2O4/c1-16(2)27-21-8-6-18(13-22(21)25-4)14-23-15-19(20-7-5-17(3)28-20)24-9-11-26-12-10-24/h5-8,13,16,19,23H,9-12,14-15H2,1-4H3. The van der Waals surface area contributed by atoms with Gasteiger partial charge in [-0.05, 0) is 50.6 Å². The molecule has 6 nitrogen and oxygen atoms in total. The molecular weight excluding hydrogens is 356 g/mol. The molecule has 0 bridgehead atoms. The summed E-state index contributed by atoms with van der Waals surface area (Å²) in [4.78, 5) is 2.43. The second-order valence-electron chi connectivity index (χ2n) is 7.40. The third kappa shape index (κ3) is 5.50. The number of hydrogen-bond donors (Lipinski definition) is 1. The summed E-state index contributed by atoms with van der Waals surface area (Å²) in [6, 6.07) is 10.4. The van der Waals surface area contributed by atoms with E-state index in [1.54, 1.807) is 7.11 Å². The van der Waals surface area contributed by atoms with Crippen LogP contribution in [-0.2, 0) is 11.3 Å². The smallest absolute Gasteiger partial charge is 0.161 e. The third-order valence-corrected chi connectivity index (χ3v) is 4.83. The summed E-state index contributed by atoms with van der Waals surface area (Å²) < 4.78 is 22.7. The van der Waals surface area contributed by atoms with Gasteiger partial charge in [0.05, 0.1) is 32.5 Å². The molecule has 1 fully saturated rings. The fraction of sp³-hybridized carbons (Fsp3) is 0.545. The van der Waals surface area contributed by atoms with Gasteiger partial charge in [-0.3, -0.25) is 4.90 Å². The van der Waals surface area contributed by atoms with Gasteiger partial charge in [0.1, 0.15) is 11.5 Å². The van der Waals surface area contributed by atoms with E-state index in [0.717, 1.165) is 68.0 Å². The monoisotopic (exact) mass is 388 g/mol. The molecule has 0 radical (unpaired) electrons. The van der Waals surface area contributed by atoms with Crippen molar-refractivity contribution in [3.63, 3.8) is 0 Å². The van der Waals surface area contributed by atoms with Gasteiger partial charge in [0.2, 0.25) is 0 Å². The van der Waals surface area contributed by atoms with Gasteiger partial charge in [-0.1, -0.05) is 6.07 Å². The molecule has 1 aromatic heterocycles. The lowest BCUT2D eigenvalue weighted by atomic mass is 10.1. The van der Waals surface area contributed by atoms with Crippen LogP contribution in [0.15, 0.2) is 34.7 Å². The lowest BCUT2D eigenvalue weighted by molar-refractivity contribution is 0.0115. The van der Waals surface area contributed by atoms with Gasteiger partial charge >= 0.3 is 0 Å². The molecule has 1 atom stereocenters. The summed E-state index contributed by atoms with van der Waals surface area (Å²) in [6.45, 7) is 10.9. The first kappa shape index (κ1) is 20.7. The van der Waals surface area contributed by atoms with Crippen molar-refractivity contribution < 1.29 is 18.6 Å². The zero-order valence-electron chi connectivity index (χ0n) is 17.4. The summed E-state index contributed by atoms with van der Waals surface area (Å²) in [7, 11) is 1.67. The fourth-order valence-electron chi connectivity index (χ4n) is 3.46. The Hall–Kier alpha value is -2.02. The molecule has 154 valence electrons. The molecule has 0 saturated carbocycles. The number of methoxy groups -OCH3 is 1. The van der Waals surface area contributed by atoms with Crippen molar-refractivity contribution in [2.45, 2.75) is 39.5 Å². The van der Waals surface area contributed by atoms with E-state index >= 15 is 0 Å². The first-order valence-corrected chi connectivity index (χ1v) is 9.99. The predicted octanol–water partition coefficient (Wildman–Crippen LogP) is 3.55. The molecule has 1 unspecified atom stereocenters. The van der Waals surface area contributed by atoms with Crippen LogP contribution in [0.4, 0.5) is 0 Å². The lowest BCUT2D eigenvalue weighted by Crippen LogP contribution is -2.42. The number of nitrogens with zero attached hydrogens (tertiary/aromatic N) is 1. The van der Waals surface area contributed by atoms with E-state index in [4.69, 9.17) is 18.6 Å². The Bertz CT molecular complexity index is 738. The molecule has 6 heteroatoms. The van der Waals surface area contributed by atoms with Crippen LogP contribution in [0.5, 0.6) is 11.5 Å². The van der Waals surface area contributed by atoms with Crippen molar-refractivity contribution in [3.8, 4) is 11.5 Å². The molecule has 2 heterocycles. The van der Waals surface area contributed by atoms with Gasteiger partial charge in [-0.25, -0.2) is 0 Å². The molecular formula is C22H32N2O4. The number of ether oxygens (including phenoxy) is 3. The fourth-order valence-corrected chi connectivity index (χ4v) is 3.46. The van der Waals surface area contributed by atoms with Crippen LogP contribution in [0, 0.1) is 6.92 Å². The number of morpholine rings is 1. The highest BCUT2D eigenvalue weighted by atomic mass is 16.5. The third-order valence-electron chi connectivity index (χ3n) is 4.83. The molecule has 2 aromatic rings. The molecule has 28 heavy (non-hydrogen) atoms. The van der Waals surface area contributed by atoms with Gasteiger partial charge in [0.15, 0.2) is 11.5 Å². The van der Waals surface area contributed by atoms with Gasteiger partial charge in [-0.2, -0.15) is 0 Å². The molecule has 1 aliphatic rings. The highest BCUT2D eigenvalue weighted by molar-refractivity contribution is 5.43. The zero-order chi connectivity index (χ0) is 19.9. The average Bonchev–Trinajstić information content (AvgIpc) is 3.12. The van der Waals surface area contributed by atoms with Crippen LogP contribution < -0.4 is 14.8 Å². The Morgan fingerprint density at radius 3 is 2.54 bits per heavy atom. The molecule has 1 aliphatic heterocycles. The van der Waals surface area contributed by atoms with Crippen molar-refractivity contribution in [1.29, 1.82) is 0 Å². The second-order valence-corrected chi connectivity index (χ2v) is 7.40.